The van der Waals surface area contributed by atoms with Crippen LogP contribution in [0.2, 0.25) is 0 Å². The molecule has 22 heteroatoms. The van der Waals surface area contributed by atoms with Crippen LogP contribution in [0.25, 0.3) is 21.5 Å². The lowest BCUT2D eigenvalue weighted by Crippen LogP contribution is -2.32. The molecule has 0 saturated heterocycles. The zero-order chi connectivity index (χ0) is 49.3. The second kappa shape index (κ2) is 19.5. The van der Waals surface area contributed by atoms with Crippen molar-refractivity contribution in [3.05, 3.63) is 89.6 Å². The van der Waals surface area contributed by atoms with Crippen molar-refractivity contribution in [3.63, 3.8) is 0 Å². The molecule has 5 N–H and O–H groups in total. The molecular formula is C45H53N2O16S4+. The topological polar surface area (TPSA) is 287 Å². The monoisotopic (exact) mass is 1010 g/mol. The van der Waals surface area contributed by atoms with E-state index in [4.69, 9.17) is 4.74 Å². The van der Waals surface area contributed by atoms with E-state index in [2.05, 4.69) is 6.92 Å². The highest BCUT2D eigenvalue weighted by atomic mass is 32.2. The van der Waals surface area contributed by atoms with Crippen molar-refractivity contribution in [1.29, 1.82) is 0 Å². The number of anilines is 1. The number of hydrogen-bond acceptors (Lipinski definition) is 12. The summed E-state index contributed by atoms with van der Waals surface area (Å²) in [5.74, 6) is -1.83. The number of carboxylic acid groups (broad SMARTS) is 1. The first-order valence-corrected chi connectivity index (χ1v) is 27.5. The number of carboxylic acids is 1. The number of carbonyl (C=O) groups is 2. The smallest absolute Gasteiger partial charge is 0.303 e. The van der Waals surface area contributed by atoms with E-state index in [0.717, 1.165) is 33.8 Å². The summed E-state index contributed by atoms with van der Waals surface area (Å²) >= 11 is 0. The predicted octanol–water partition coefficient (Wildman–Crippen LogP) is 6.99. The van der Waals surface area contributed by atoms with Gasteiger partial charge in [-0.25, -0.2) is 0 Å². The predicted molar refractivity (Wildman–Crippen MR) is 251 cm³/mol. The highest BCUT2D eigenvalue weighted by Crippen LogP contribution is 2.54. The maximum Gasteiger partial charge on any atom is 0.303 e. The lowest BCUT2D eigenvalue weighted by Gasteiger charge is -2.31. The Kier molecular flexibility index (Phi) is 14.9. The number of benzene rings is 4. The van der Waals surface area contributed by atoms with Crippen LogP contribution in [-0.2, 0) is 60.9 Å². The van der Waals surface area contributed by atoms with E-state index in [1.54, 1.807) is 37.3 Å². The quantitative estimate of drug-likeness (QED) is 0.0229. The molecule has 4 aromatic rings. The van der Waals surface area contributed by atoms with E-state index in [1.807, 2.05) is 40.7 Å². The summed E-state index contributed by atoms with van der Waals surface area (Å²) in [6.07, 6.45) is 7.75. The van der Waals surface area contributed by atoms with Crippen LogP contribution in [0.15, 0.2) is 88.3 Å². The molecule has 0 bridgehead atoms. The van der Waals surface area contributed by atoms with E-state index >= 15 is 0 Å². The SMILES string of the molecule is CCCC1(C)C(/C=C/C=C2/N(CCCCCC(=O)O)c3ccc4c(S(=O)(=O)O)cc(S(=O)(=O)O)cc4c3C2(C)CCCS(=O)(=O)O)=[N+](CCCS(=O)(=O)O)c2ccc3cc(OC=O)ccc3c21. The van der Waals surface area contributed by atoms with Crippen molar-refractivity contribution in [2.24, 2.45) is 0 Å². The van der Waals surface area contributed by atoms with Crippen molar-refractivity contribution in [2.45, 2.75) is 99.2 Å². The number of nitrogens with zero attached hydrogens (tertiary/aromatic N) is 2. The molecule has 0 radical (unpaired) electrons. The normalized spacial score (nSPS) is 19.5. The molecule has 0 amide bonds. The lowest BCUT2D eigenvalue weighted by atomic mass is 9.74. The van der Waals surface area contributed by atoms with Crippen molar-refractivity contribution in [3.8, 4) is 5.75 Å². The van der Waals surface area contributed by atoms with Crippen LogP contribution in [0.5, 0.6) is 5.75 Å². The van der Waals surface area contributed by atoms with E-state index in [-0.39, 0.29) is 49.5 Å². The van der Waals surface area contributed by atoms with Crippen molar-refractivity contribution < 1.29 is 75.9 Å². The van der Waals surface area contributed by atoms with E-state index in [0.29, 0.717) is 67.3 Å². The second-order valence-corrected chi connectivity index (χ2v) is 23.2. The van der Waals surface area contributed by atoms with Crippen LogP contribution in [-0.4, -0.2) is 104 Å². The average Bonchev–Trinajstić information content (AvgIpc) is 3.59. The molecule has 67 heavy (non-hydrogen) atoms. The van der Waals surface area contributed by atoms with Crippen LogP contribution in [0.1, 0.15) is 89.7 Å². The van der Waals surface area contributed by atoms with Gasteiger partial charge in [-0.2, -0.15) is 38.2 Å². The van der Waals surface area contributed by atoms with Gasteiger partial charge >= 0.3 is 5.97 Å². The zero-order valence-corrected chi connectivity index (χ0v) is 40.2. The first kappa shape index (κ1) is 51.3. The van der Waals surface area contributed by atoms with Gasteiger partial charge in [0.15, 0.2) is 5.71 Å². The van der Waals surface area contributed by atoms with Gasteiger partial charge in [0, 0.05) is 59.3 Å². The summed E-state index contributed by atoms with van der Waals surface area (Å²) in [6.45, 7) is 6.55. The standard InChI is InChI=1S/C45H52N2O16S4/c1-4-20-44(2)39(47(23-10-25-65(54,55)56)36-18-14-30-26-31(63-29-48)15-16-33(30)42(36)44)11-8-12-40-45(3,21-9-24-64(51,52)53)43-35-27-32(66(57,58)59)28-38(67(60,61)62)34(35)17-19-37(43)46(40)22-7-5-6-13-41(49)50/h8,11-12,14-19,26-29H,4-7,9-10,13,20-25H2,1-3H3,(H4-,49,50,51,52,53,54,55,56,57,58,59,60,61,62)/p+1. The Morgan fingerprint density at radius 3 is 2.06 bits per heavy atom. The highest BCUT2D eigenvalue weighted by Gasteiger charge is 2.49. The minimum Gasteiger partial charge on any atom is -0.481 e. The Morgan fingerprint density at radius 1 is 0.746 bits per heavy atom. The van der Waals surface area contributed by atoms with E-state index < -0.39 is 78.6 Å². The lowest BCUT2D eigenvalue weighted by molar-refractivity contribution is -0.437. The Balaban J connectivity index is 1.61. The molecule has 0 fully saturated rings. The van der Waals surface area contributed by atoms with Crippen molar-refractivity contribution in [1.82, 2.24) is 0 Å². The Labute approximate surface area is 389 Å². The first-order chi connectivity index (χ1) is 31.2. The molecule has 18 nitrogen and oxygen atoms in total. The van der Waals surface area contributed by atoms with Crippen LogP contribution in [0.4, 0.5) is 11.4 Å². The summed E-state index contributed by atoms with van der Waals surface area (Å²) in [5.41, 5.74) is 1.71. The molecule has 362 valence electrons. The third kappa shape index (κ3) is 11.1. The number of ether oxygens (including phenoxy) is 1. The Bertz CT molecular complexity index is 3200. The van der Waals surface area contributed by atoms with E-state index in [1.165, 1.54) is 6.07 Å². The van der Waals surface area contributed by atoms with Gasteiger partial charge in [-0.05, 0) is 110 Å². The number of allylic oxidation sites excluding steroid dienone is 4. The molecule has 0 saturated carbocycles. The zero-order valence-electron chi connectivity index (χ0n) is 37.0. The molecule has 0 aliphatic carbocycles. The fourth-order valence-corrected chi connectivity index (χ4v) is 12.2. The van der Waals surface area contributed by atoms with Gasteiger partial charge in [0.2, 0.25) is 5.69 Å². The van der Waals surface area contributed by atoms with Gasteiger partial charge in [0.25, 0.3) is 46.9 Å². The third-order valence-corrected chi connectivity index (χ3v) is 15.9. The molecule has 4 aromatic carbocycles. The van der Waals surface area contributed by atoms with Crippen LogP contribution in [0, 0.1) is 0 Å². The van der Waals surface area contributed by atoms with Gasteiger partial charge in [0.1, 0.15) is 17.2 Å². The van der Waals surface area contributed by atoms with Gasteiger partial charge < -0.3 is 14.7 Å². The van der Waals surface area contributed by atoms with Gasteiger partial charge in [-0.1, -0.05) is 38.0 Å². The fraction of sp³-hybridized carbons (Fsp3) is 0.400. The van der Waals surface area contributed by atoms with Crippen molar-refractivity contribution >= 4 is 91.5 Å². The molecule has 2 aliphatic heterocycles. The van der Waals surface area contributed by atoms with E-state index in [9.17, 15) is 66.6 Å². The molecular weight excluding hydrogens is 953 g/mol. The summed E-state index contributed by atoms with van der Waals surface area (Å²) in [4.78, 5) is 22.8. The Hall–Kier alpha value is -5.07. The number of carbonyl (C=O) groups excluding carboxylic acids is 1. The summed E-state index contributed by atoms with van der Waals surface area (Å²) in [6, 6.07) is 13.7. The molecule has 2 heterocycles. The molecule has 2 atom stereocenters. The molecule has 0 aromatic heterocycles. The third-order valence-electron chi connectivity index (χ3n) is 12.6. The maximum absolute atomic E-state index is 12.8. The molecule has 0 spiro atoms. The second-order valence-electron chi connectivity index (χ2n) is 17.2. The summed E-state index contributed by atoms with van der Waals surface area (Å²) in [7, 11) is -19.0. The maximum atomic E-state index is 12.8. The average molecular weight is 1010 g/mol. The number of aliphatic carboxylic acids is 1. The number of hydrogen-bond donors (Lipinski definition) is 5. The van der Waals surface area contributed by atoms with Crippen LogP contribution < -0.4 is 9.64 Å². The van der Waals surface area contributed by atoms with Crippen molar-refractivity contribution in [2.75, 3.05) is 29.5 Å². The van der Waals surface area contributed by atoms with Gasteiger partial charge in [0.05, 0.1) is 21.8 Å². The number of unbranched alkanes of at least 4 members (excludes halogenated alkanes) is 2. The summed E-state index contributed by atoms with van der Waals surface area (Å²) < 4.78 is 146. The van der Waals surface area contributed by atoms with Crippen LogP contribution in [0.3, 0.4) is 0 Å². The van der Waals surface area contributed by atoms with Gasteiger partial charge in [-0.15, -0.1) is 0 Å². The summed E-state index contributed by atoms with van der Waals surface area (Å²) in [5, 5.41) is 10.8. The molecule has 6 rings (SSSR count). The van der Waals surface area contributed by atoms with Gasteiger partial charge in [-0.3, -0.25) is 27.8 Å². The number of rotatable bonds is 22. The largest absolute Gasteiger partial charge is 0.481 e. The molecule has 2 unspecified atom stereocenters. The number of fused-ring (bicyclic) bond motifs is 6. The molecule has 2 aliphatic rings. The fourth-order valence-electron chi connectivity index (χ4n) is 9.87. The minimum atomic E-state index is -5.11. The first-order valence-electron chi connectivity index (χ1n) is 21.4. The highest BCUT2D eigenvalue weighted by molar-refractivity contribution is 7.87. The van der Waals surface area contributed by atoms with Crippen LogP contribution >= 0.6 is 0 Å². The Morgan fingerprint density at radius 2 is 1.43 bits per heavy atom. The minimum absolute atomic E-state index is 0.00703.